The fourth-order valence-electron chi connectivity index (χ4n) is 1.85. The second-order valence-corrected chi connectivity index (χ2v) is 5.25. The third-order valence-corrected chi connectivity index (χ3v) is 3.19. The summed E-state index contributed by atoms with van der Waals surface area (Å²) in [5.74, 6) is -0.830. The van der Waals surface area contributed by atoms with Gasteiger partial charge in [-0.1, -0.05) is 12.8 Å². The first-order chi connectivity index (χ1) is 9.02. The molecule has 1 amide bonds. The first-order valence-electron chi connectivity index (χ1n) is 6.85. The number of nitrogens with one attached hydrogen (secondary N) is 2. The molecule has 110 valence electrons. The summed E-state index contributed by atoms with van der Waals surface area (Å²) in [6.07, 6.45) is 3.65. The largest absolute Gasteiger partial charge is 0.481 e. The molecule has 6 nitrogen and oxygen atoms in total. The van der Waals surface area contributed by atoms with Crippen LogP contribution < -0.4 is 10.6 Å². The molecule has 0 saturated carbocycles. The van der Waals surface area contributed by atoms with Crippen LogP contribution in [0, 0.1) is 0 Å². The Bertz CT molecular complexity index is 303. The second kappa shape index (κ2) is 8.12. The molecule has 0 aromatic heterocycles. The summed E-state index contributed by atoms with van der Waals surface area (Å²) < 4.78 is 5.51. The van der Waals surface area contributed by atoms with Crippen molar-refractivity contribution in [2.24, 2.45) is 0 Å². The van der Waals surface area contributed by atoms with E-state index in [1.807, 2.05) is 6.92 Å². The molecule has 1 aliphatic heterocycles. The van der Waals surface area contributed by atoms with Crippen LogP contribution in [0.5, 0.6) is 0 Å². The van der Waals surface area contributed by atoms with E-state index in [9.17, 15) is 9.59 Å². The zero-order chi connectivity index (χ0) is 14.1. The number of ether oxygens (including phenoxy) is 1. The minimum absolute atomic E-state index is 0.0846. The van der Waals surface area contributed by atoms with Gasteiger partial charge in [0.2, 0.25) is 5.91 Å². The quantitative estimate of drug-likeness (QED) is 0.505. The number of rotatable bonds is 10. The SMILES string of the molecule is CC1(OCC(=O)NCCCCCCC(=O)O)CNC1. The lowest BCUT2D eigenvalue weighted by Gasteiger charge is -2.38. The summed E-state index contributed by atoms with van der Waals surface area (Å²) in [5.41, 5.74) is -0.186. The molecule has 0 aliphatic carbocycles. The van der Waals surface area contributed by atoms with Crippen LogP contribution in [-0.4, -0.2) is 48.8 Å². The lowest BCUT2D eigenvalue weighted by atomic mass is 10.0. The molecule has 0 radical (unpaired) electrons. The zero-order valence-electron chi connectivity index (χ0n) is 11.5. The third-order valence-electron chi connectivity index (χ3n) is 3.19. The van der Waals surface area contributed by atoms with Crippen molar-refractivity contribution >= 4 is 11.9 Å². The average Bonchev–Trinajstić information content (AvgIpc) is 2.32. The second-order valence-electron chi connectivity index (χ2n) is 5.25. The van der Waals surface area contributed by atoms with Gasteiger partial charge in [0.15, 0.2) is 0 Å². The molecule has 1 fully saturated rings. The van der Waals surface area contributed by atoms with Gasteiger partial charge in [0.05, 0.1) is 5.60 Å². The van der Waals surface area contributed by atoms with Crippen molar-refractivity contribution in [1.29, 1.82) is 0 Å². The van der Waals surface area contributed by atoms with Crippen LogP contribution in [0.4, 0.5) is 0 Å². The monoisotopic (exact) mass is 272 g/mol. The molecule has 0 spiro atoms. The first kappa shape index (κ1) is 15.9. The number of amides is 1. The Morgan fingerprint density at radius 3 is 2.53 bits per heavy atom. The Labute approximate surface area is 113 Å². The maximum Gasteiger partial charge on any atom is 0.303 e. The molecular formula is C13H24N2O4. The number of aliphatic carboxylic acids is 1. The van der Waals surface area contributed by atoms with Gasteiger partial charge in [-0.05, 0) is 19.8 Å². The predicted octanol–water partition coefficient (Wildman–Crippen LogP) is 0.516. The van der Waals surface area contributed by atoms with Crippen molar-refractivity contribution in [3.05, 3.63) is 0 Å². The van der Waals surface area contributed by atoms with Gasteiger partial charge < -0.3 is 20.5 Å². The normalized spacial score (nSPS) is 16.7. The van der Waals surface area contributed by atoms with Crippen molar-refractivity contribution in [1.82, 2.24) is 10.6 Å². The van der Waals surface area contributed by atoms with E-state index in [0.717, 1.165) is 32.4 Å². The maximum atomic E-state index is 11.5. The summed E-state index contributed by atoms with van der Waals surface area (Å²) in [6, 6.07) is 0. The van der Waals surface area contributed by atoms with E-state index < -0.39 is 5.97 Å². The predicted molar refractivity (Wildman–Crippen MR) is 71.0 cm³/mol. The third kappa shape index (κ3) is 7.12. The molecule has 0 aromatic rings. The maximum absolute atomic E-state index is 11.5. The Morgan fingerprint density at radius 2 is 1.95 bits per heavy atom. The number of carbonyl (C=O) groups excluding carboxylic acids is 1. The smallest absolute Gasteiger partial charge is 0.303 e. The highest BCUT2D eigenvalue weighted by Gasteiger charge is 2.32. The number of carboxylic acid groups (broad SMARTS) is 1. The van der Waals surface area contributed by atoms with E-state index >= 15 is 0 Å². The summed E-state index contributed by atoms with van der Waals surface area (Å²) in [5, 5.41) is 14.4. The Morgan fingerprint density at radius 1 is 1.26 bits per heavy atom. The molecule has 0 aromatic carbocycles. The van der Waals surface area contributed by atoms with Crippen LogP contribution in [0.3, 0.4) is 0 Å². The van der Waals surface area contributed by atoms with E-state index in [-0.39, 0.29) is 24.5 Å². The van der Waals surface area contributed by atoms with Crippen LogP contribution in [0.1, 0.15) is 39.0 Å². The number of carbonyl (C=O) groups is 2. The van der Waals surface area contributed by atoms with E-state index in [1.165, 1.54) is 0 Å². The summed E-state index contributed by atoms with van der Waals surface area (Å²) in [6.45, 7) is 4.31. The van der Waals surface area contributed by atoms with Crippen molar-refractivity contribution in [3.8, 4) is 0 Å². The first-order valence-corrected chi connectivity index (χ1v) is 6.85. The average molecular weight is 272 g/mol. The Hall–Kier alpha value is -1.14. The molecule has 1 heterocycles. The van der Waals surface area contributed by atoms with Gasteiger partial charge in [0, 0.05) is 26.1 Å². The molecule has 0 atom stereocenters. The molecule has 0 bridgehead atoms. The molecule has 19 heavy (non-hydrogen) atoms. The highest BCUT2D eigenvalue weighted by Crippen LogP contribution is 2.14. The summed E-state index contributed by atoms with van der Waals surface area (Å²) in [7, 11) is 0. The van der Waals surface area contributed by atoms with Crippen LogP contribution >= 0.6 is 0 Å². The molecule has 1 rings (SSSR count). The Balaban J connectivity index is 1.88. The van der Waals surface area contributed by atoms with Gasteiger partial charge in [-0.25, -0.2) is 0 Å². The lowest BCUT2D eigenvalue weighted by Crippen LogP contribution is -2.59. The van der Waals surface area contributed by atoms with E-state index in [0.29, 0.717) is 13.0 Å². The molecule has 0 unspecified atom stereocenters. The minimum atomic E-state index is -0.746. The van der Waals surface area contributed by atoms with Crippen LogP contribution in [0.2, 0.25) is 0 Å². The van der Waals surface area contributed by atoms with Gasteiger partial charge in [-0.3, -0.25) is 9.59 Å². The zero-order valence-corrected chi connectivity index (χ0v) is 11.5. The highest BCUT2D eigenvalue weighted by atomic mass is 16.5. The van der Waals surface area contributed by atoms with Crippen molar-refractivity contribution in [2.45, 2.75) is 44.6 Å². The molecule has 6 heteroatoms. The highest BCUT2D eigenvalue weighted by molar-refractivity contribution is 5.77. The fourth-order valence-corrected chi connectivity index (χ4v) is 1.85. The van der Waals surface area contributed by atoms with Gasteiger partial charge in [-0.2, -0.15) is 0 Å². The van der Waals surface area contributed by atoms with Crippen molar-refractivity contribution in [2.75, 3.05) is 26.2 Å². The standard InChI is InChI=1S/C13H24N2O4/c1-13(9-14-10-13)19-8-11(16)15-7-5-3-2-4-6-12(17)18/h14H,2-10H2,1H3,(H,15,16)(H,17,18). The van der Waals surface area contributed by atoms with E-state index in [4.69, 9.17) is 9.84 Å². The Kier molecular flexibility index (Phi) is 6.80. The van der Waals surface area contributed by atoms with Crippen LogP contribution in [-0.2, 0) is 14.3 Å². The topological polar surface area (TPSA) is 87.7 Å². The summed E-state index contributed by atoms with van der Waals surface area (Å²) in [4.78, 5) is 21.8. The van der Waals surface area contributed by atoms with Crippen molar-refractivity contribution < 1.29 is 19.4 Å². The van der Waals surface area contributed by atoms with E-state index in [2.05, 4.69) is 10.6 Å². The van der Waals surface area contributed by atoms with Gasteiger partial charge >= 0.3 is 5.97 Å². The fraction of sp³-hybridized carbons (Fsp3) is 0.846. The van der Waals surface area contributed by atoms with E-state index in [1.54, 1.807) is 0 Å². The molecule has 1 aliphatic rings. The van der Waals surface area contributed by atoms with Crippen LogP contribution in [0.15, 0.2) is 0 Å². The number of hydrogen-bond acceptors (Lipinski definition) is 4. The van der Waals surface area contributed by atoms with Gasteiger partial charge in [0.25, 0.3) is 0 Å². The van der Waals surface area contributed by atoms with Crippen LogP contribution in [0.25, 0.3) is 0 Å². The molecular weight excluding hydrogens is 248 g/mol. The molecule has 1 saturated heterocycles. The minimum Gasteiger partial charge on any atom is -0.481 e. The lowest BCUT2D eigenvalue weighted by molar-refractivity contribution is -0.137. The van der Waals surface area contributed by atoms with Gasteiger partial charge in [0.1, 0.15) is 6.61 Å². The summed E-state index contributed by atoms with van der Waals surface area (Å²) >= 11 is 0. The number of carboxylic acids is 1. The number of unbranched alkanes of at least 4 members (excludes halogenated alkanes) is 3. The molecule has 3 N–H and O–H groups in total. The van der Waals surface area contributed by atoms with Crippen molar-refractivity contribution in [3.63, 3.8) is 0 Å². The van der Waals surface area contributed by atoms with Gasteiger partial charge in [-0.15, -0.1) is 0 Å². The number of hydrogen-bond donors (Lipinski definition) is 3.